The highest BCUT2D eigenvalue weighted by Gasteiger charge is 2.36. The summed E-state index contributed by atoms with van der Waals surface area (Å²) in [6.45, 7) is 6.64. The van der Waals surface area contributed by atoms with Crippen LogP contribution in [0.15, 0.2) is 24.3 Å². The van der Waals surface area contributed by atoms with E-state index in [0.29, 0.717) is 24.0 Å². The molecule has 2 rings (SSSR count). The molecule has 1 aliphatic rings. The Morgan fingerprint density at radius 3 is 2.14 bits per heavy atom. The third kappa shape index (κ3) is 4.07. The average Bonchev–Trinajstić information content (AvgIpc) is 2.38. The van der Waals surface area contributed by atoms with Gasteiger partial charge in [0, 0.05) is 24.5 Å². The molecular weight excluding hydrogens is 289 g/mol. The van der Waals surface area contributed by atoms with Crippen LogP contribution in [0, 0.1) is 21.4 Å². The molecule has 5 nitrogen and oxygen atoms in total. The van der Waals surface area contributed by atoms with E-state index in [1.54, 1.807) is 0 Å². The third-order valence-corrected chi connectivity index (χ3v) is 6.60. The maximum absolute atomic E-state index is 12.7. The van der Waals surface area contributed by atoms with E-state index < -0.39 is 12.3 Å². The number of benzene rings is 1. The Morgan fingerprint density at radius 1 is 1.19 bits per heavy atom. The second kappa shape index (κ2) is 5.80. The van der Waals surface area contributed by atoms with Crippen molar-refractivity contribution in [1.29, 1.82) is 0 Å². The van der Waals surface area contributed by atoms with Crippen LogP contribution in [0.2, 0.25) is 0 Å². The first-order valence-corrected chi connectivity index (χ1v) is 9.21. The van der Waals surface area contributed by atoms with Crippen LogP contribution >= 0.6 is 7.37 Å². The number of rotatable bonds is 3. The van der Waals surface area contributed by atoms with Gasteiger partial charge in [0.05, 0.1) is 4.92 Å². The van der Waals surface area contributed by atoms with E-state index in [1.807, 2.05) is 0 Å². The first-order valence-electron chi connectivity index (χ1n) is 7.22. The molecule has 0 amide bonds. The Balaban J connectivity index is 2.00. The number of nitro benzene ring substituents is 1. The summed E-state index contributed by atoms with van der Waals surface area (Å²) in [5.41, 5.74) is 0.246. The van der Waals surface area contributed by atoms with Crippen molar-refractivity contribution in [3.05, 3.63) is 34.4 Å². The molecule has 0 bridgehead atoms. The molecule has 116 valence electrons. The van der Waals surface area contributed by atoms with Crippen LogP contribution in [0.3, 0.4) is 0 Å². The van der Waals surface area contributed by atoms with Crippen molar-refractivity contribution in [1.82, 2.24) is 0 Å². The van der Waals surface area contributed by atoms with Gasteiger partial charge in [0.25, 0.3) is 5.69 Å². The summed E-state index contributed by atoms with van der Waals surface area (Å²) in [5, 5.41) is 10.6. The van der Waals surface area contributed by atoms with Gasteiger partial charge in [-0.15, -0.1) is 0 Å². The fourth-order valence-electron chi connectivity index (χ4n) is 2.74. The molecule has 0 spiro atoms. The maximum atomic E-state index is 12.7. The van der Waals surface area contributed by atoms with Crippen molar-refractivity contribution in [3.8, 4) is 5.75 Å². The van der Waals surface area contributed by atoms with E-state index in [4.69, 9.17) is 4.52 Å². The van der Waals surface area contributed by atoms with Crippen LogP contribution in [0.5, 0.6) is 5.75 Å². The number of hydrogen-bond acceptors (Lipinski definition) is 4. The Hall–Kier alpha value is -1.35. The van der Waals surface area contributed by atoms with Crippen LogP contribution in [0.1, 0.15) is 33.6 Å². The quantitative estimate of drug-likeness (QED) is 0.460. The van der Waals surface area contributed by atoms with Gasteiger partial charge in [-0.2, -0.15) is 0 Å². The zero-order valence-electron chi connectivity index (χ0n) is 12.7. The lowest BCUT2D eigenvalue weighted by Crippen LogP contribution is -2.27. The van der Waals surface area contributed by atoms with E-state index in [-0.39, 0.29) is 11.1 Å². The van der Waals surface area contributed by atoms with Crippen molar-refractivity contribution < 1.29 is 14.0 Å². The molecule has 1 heterocycles. The van der Waals surface area contributed by atoms with Crippen molar-refractivity contribution in [2.45, 2.75) is 33.6 Å². The Morgan fingerprint density at radius 2 is 1.71 bits per heavy atom. The first kappa shape index (κ1) is 16.0. The van der Waals surface area contributed by atoms with Gasteiger partial charge in [0.1, 0.15) is 5.75 Å². The second-order valence-corrected chi connectivity index (χ2v) is 9.45. The first-order chi connectivity index (χ1) is 9.70. The molecule has 0 unspecified atom stereocenters. The largest absolute Gasteiger partial charge is 0.443 e. The summed E-state index contributed by atoms with van der Waals surface area (Å²) in [6, 6.07) is 5.80. The highest BCUT2D eigenvalue weighted by atomic mass is 31.2. The third-order valence-electron chi connectivity index (χ3n) is 4.18. The van der Waals surface area contributed by atoms with E-state index >= 15 is 0 Å². The van der Waals surface area contributed by atoms with Crippen molar-refractivity contribution in [3.63, 3.8) is 0 Å². The topological polar surface area (TPSA) is 69.4 Å². The van der Waals surface area contributed by atoms with Gasteiger partial charge >= 0.3 is 0 Å². The molecule has 6 heteroatoms. The standard InChI is InChI=1S/C15H22NO4P/c1-15(2,3)12-8-10-21(19,11-9-12)20-14-6-4-13(5-7-14)16(17)18/h4-7,12H,8-11H2,1-3H3. The van der Waals surface area contributed by atoms with Crippen LogP contribution in [-0.2, 0) is 4.57 Å². The highest BCUT2D eigenvalue weighted by Crippen LogP contribution is 2.55. The van der Waals surface area contributed by atoms with E-state index in [2.05, 4.69) is 20.8 Å². The number of hydrogen-bond donors (Lipinski definition) is 0. The minimum atomic E-state index is -2.65. The Labute approximate surface area is 125 Å². The van der Waals surface area contributed by atoms with Crippen LogP contribution < -0.4 is 4.52 Å². The summed E-state index contributed by atoms with van der Waals surface area (Å²) in [4.78, 5) is 10.1. The molecule has 1 aromatic carbocycles. The van der Waals surface area contributed by atoms with Crippen LogP contribution in [0.4, 0.5) is 5.69 Å². The minimum absolute atomic E-state index is 0.0112. The predicted octanol–water partition coefficient (Wildman–Crippen LogP) is 4.71. The highest BCUT2D eigenvalue weighted by molar-refractivity contribution is 7.59. The molecule has 1 aliphatic heterocycles. The Kier molecular flexibility index (Phi) is 4.43. The smallest absolute Gasteiger partial charge is 0.269 e. The monoisotopic (exact) mass is 311 g/mol. The maximum Gasteiger partial charge on any atom is 0.269 e. The van der Waals surface area contributed by atoms with Crippen LogP contribution in [-0.4, -0.2) is 17.2 Å². The molecule has 1 fully saturated rings. The molecule has 0 atom stereocenters. The molecule has 0 aromatic heterocycles. The van der Waals surface area contributed by atoms with Gasteiger partial charge in [0.15, 0.2) is 0 Å². The summed E-state index contributed by atoms with van der Waals surface area (Å²) in [5.74, 6) is 1.03. The van der Waals surface area contributed by atoms with Crippen molar-refractivity contribution in [2.75, 3.05) is 12.3 Å². The lowest BCUT2D eigenvalue weighted by molar-refractivity contribution is -0.384. The summed E-state index contributed by atoms with van der Waals surface area (Å²) in [6.07, 6.45) is 3.00. The second-order valence-electron chi connectivity index (χ2n) is 6.74. The summed E-state index contributed by atoms with van der Waals surface area (Å²) in [7, 11) is -2.65. The van der Waals surface area contributed by atoms with Gasteiger partial charge in [-0.25, -0.2) is 0 Å². The lowest BCUT2D eigenvalue weighted by Gasteiger charge is -2.36. The van der Waals surface area contributed by atoms with E-state index in [1.165, 1.54) is 24.3 Å². The average molecular weight is 311 g/mol. The number of nitrogens with zero attached hydrogens (tertiary/aromatic N) is 1. The fourth-order valence-corrected chi connectivity index (χ4v) is 5.06. The molecule has 0 saturated carbocycles. The molecule has 21 heavy (non-hydrogen) atoms. The predicted molar refractivity (Wildman–Crippen MR) is 83.2 cm³/mol. The summed E-state index contributed by atoms with van der Waals surface area (Å²) >= 11 is 0. The van der Waals surface area contributed by atoms with Gasteiger partial charge < -0.3 is 4.52 Å². The SMILES string of the molecule is CC(C)(C)C1CCP(=O)(Oc2ccc([N+](=O)[O-])cc2)CC1. The van der Waals surface area contributed by atoms with Gasteiger partial charge in [-0.3, -0.25) is 14.7 Å². The van der Waals surface area contributed by atoms with Crippen LogP contribution in [0.25, 0.3) is 0 Å². The van der Waals surface area contributed by atoms with Gasteiger partial charge in [-0.05, 0) is 36.3 Å². The lowest BCUT2D eigenvalue weighted by atomic mass is 9.77. The number of nitro groups is 1. The fraction of sp³-hybridized carbons (Fsp3) is 0.600. The molecule has 1 saturated heterocycles. The molecule has 0 radical (unpaired) electrons. The normalized spacial score (nSPS) is 26.3. The molecule has 0 aliphatic carbocycles. The molecular formula is C15H22NO4P. The van der Waals surface area contributed by atoms with E-state index in [9.17, 15) is 14.7 Å². The van der Waals surface area contributed by atoms with Crippen molar-refractivity contribution >= 4 is 13.1 Å². The van der Waals surface area contributed by atoms with Gasteiger partial charge in [0.2, 0.25) is 7.37 Å². The Bertz CT molecular complexity index is 550. The van der Waals surface area contributed by atoms with Crippen molar-refractivity contribution in [2.24, 2.45) is 11.3 Å². The zero-order valence-corrected chi connectivity index (χ0v) is 13.6. The summed E-state index contributed by atoms with van der Waals surface area (Å²) < 4.78 is 18.4. The molecule has 1 aromatic rings. The zero-order chi connectivity index (χ0) is 15.7. The number of non-ortho nitro benzene ring substituents is 1. The minimum Gasteiger partial charge on any atom is -0.443 e. The van der Waals surface area contributed by atoms with E-state index in [0.717, 1.165) is 12.8 Å². The van der Waals surface area contributed by atoms with Gasteiger partial charge in [-0.1, -0.05) is 20.8 Å². The molecule has 0 N–H and O–H groups in total.